The molecule has 2 aliphatic heterocycles. The number of likely N-dealkylation sites (N-methyl/N-ethyl adjacent to an activating group) is 1. The third-order valence-electron chi connectivity index (χ3n) is 5.05. The Bertz CT molecular complexity index is 765. The normalized spacial score (nSPS) is 24.9. The Labute approximate surface area is 149 Å². The molecule has 0 saturated carbocycles. The van der Waals surface area contributed by atoms with Gasteiger partial charge >= 0.3 is 6.03 Å². The Morgan fingerprint density at radius 2 is 2.04 bits per heavy atom. The number of amides is 2. The number of sulfonamides is 1. The molecule has 7 nitrogen and oxygen atoms in total. The van der Waals surface area contributed by atoms with E-state index in [-0.39, 0.29) is 6.03 Å². The fraction of sp³-hybridized carbons (Fsp3) is 0.588. The van der Waals surface area contributed by atoms with E-state index in [1.807, 2.05) is 38.1 Å². The molecular formula is C17H26N4O3S. The second-order valence-electron chi connectivity index (χ2n) is 6.92. The van der Waals surface area contributed by atoms with E-state index in [0.717, 1.165) is 5.56 Å². The summed E-state index contributed by atoms with van der Waals surface area (Å²) in [6, 6.07) is 7.07. The summed E-state index contributed by atoms with van der Waals surface area (Å²) in [6.45, 7) is 4.42. The molecule has 3 rings (SSSR count). The zero-order valence-corrected chi connectivity index (χ0v) is 15.8. The van der Waals surface area contributed by atoms with Crippen LogP contribution in [-0.4, -0.2) is 75.4 Å². The molecule has 1 aromatic rings. The molecule has 1 aromatic carbocycles. The lowest BCUT2D eigenvalue weighted by Crippen LogP contribution is -2.49. The summed E-state index contributed by atoms with van der Waals surface area (Å²) < 4.78 is 27.9. The average molecular weight is 366 g/mol. The van der Waals surface area contributed by atoms with E-state index < -0.39 is 15.6 Å². The monoisotopic (exact) mass is 366 g/mol. The summed E-state index contributed by atoms with van der Waals surface area (Å²) >= 11 is 0. The van der Waals surface area contributed by atoms with Crippen molar-refractivity contribution in [2.24, 2.45) is 0 Å². The van der Waals surface area contributed by atoms with Crippen molar-refractivity contribution in [3.63, 3.8) is 0 Å². The Kier molecular flexibility index (Phi) is 4.78. The minimum atomic E-state index is -3.55. The lowest BCUT2D eigenvalue weighted by molar-refractivity contribution is 0.175. The largest absolute Gasteiger partial charge is 0.338 e. The van der Waals surface area contributed by atoms with Gasteiger partial charge in [0.2, 0.25) is 10.0 Å². The third-order valence-corrected chi connectivity index (χ3v) is 7.07. The van der Waals surface area contributed by atoms with Crippen molar-refractivity contribution in [3.05, 3.63) is 29.8 Å². The Morgan fingerprint density at radius 3 is 2.72 bits per heavy atom. The predicted molar refractivity (Wildman–Crippen MR) is 95.8 cm³/mol. The number of hydrogen-bond donors (Lipinski definition) is 1. The highest BCUT2D eigenvalue weighted by molar-refractivity contribution is 7.89. The predicted octanol–water partition coefficient (Wildman–Crippen LogP) is 0.883. The van der Waals surface area contributed by atoms with Gasteiger partial charge in [0, 0.05) is 32.7 Å². The van der Waals surface area contributed by atoms with Crippen LogP contribution >= 0.6 is 0 Å². The lowest BCUT2D eigenvalue weighted by atomic mass is 9.89. The highest BCUT2D eigenvalue weighted by Crippen LogP contribution is 2.49. The standard InChI is InChI=1S/C17H26N4O3S/c1-4-18-16(22)20-10-9-17(13-20)14-7-5-6-8-15(14)25(23,24)21(17)12-11-19(2)3/h5-8H,4,9-13H2,1-3H3,(H,18,22). The maximum atomic E-state index is 13.1. The Morgan fingerprint density at radius 1 is 1.32 bits per heavy atom. The van der Waals surface area contributed by atoms with E-state index in [0.29, 0.717) is 44.0 Å². The van der Waals surface area contributed by atoms with E-state index in [1.54, 1.807) is 21.3 Å². The van der Waals surface area contributed by atoms with E-state index in [9.17, 15) is 13.2 Å². The first-order valence-corrected chi connectivity index (χ1v) is 10.1. The molecule has 1 N–H and O–H groups in total. The van der Waals surface area contributed by atoms with Crippen molar-refractivity contribution in [2.45, 2.75) is 23.8 Å². The van der Waals surface area contributed by atoms with E-state index >= 15 is 0 Å². The molecule has 1 spiro atoms. The zero-order chi connectivity index (χ0) is 18.2. The van der Waals surface area contributed by atoms with Crippen LogP contribution in [-0.2, 0) is 15.6 Å². The quantitative estimate of drug-likeness (QED) is 0.859. The molecule has 0 radical (unpaired) electrons. The number of carbonyl (C=O) groups excluding carboxylic acids is 1. The summed E-state index contributed by atoms with van der Waals surface area (Å²) in [5.74, 6) is 0. The van der Waals surface area contributed by atoms with Crippen LogP contribution in [0.1, 0.15) is 18.9 Å². The number of fused-ring (bicyclic) bond motifs is 2. The first kappa shape index (κ1) is 18.2. The number of nitrogens with zero attached hydrogens (tertiary/aromatic N) is 3. The summed E-state index contributed by atoms with van der Waals surface area (Å²) in [5, 5.41) is 2.81. The summed E-state index contributed by atoms with van der Waals surface area (Å²) in [6.07, 6.45) is 0.619. The number of hydrogen-bond acceptors (Lipinski definition) is 4. The lowest BCUT2D eigenvalue weighted by Gasteiger charge is -2.34. The van der Waals surface area contributed by atoms with Gasteiger partial charge in [0.05, 0.1) is 10.4 Å². The van der Waals surface area contributed by atoms with Gasteiger partial charge in [0.15, 0.2) is 0 Å². The van der Waals surface area contributed by atoms with Crippen LogP contribution in [0.5, 0.6) is 0 Å². The number of rotatable bonds is 4. The van der Waals surface area contributed by atoms with Crippen LogP contribution < -0.4 is 5.32 Å². The van der Waals surface area contributed by atoms with Crippen LogP contribution in [0, 0.1) is 0 Å². The van der Waals surface area contributed by atoms with Crippen LogP contribution in [0.3, 0.4) is 0 Å². The summed E-state index contributed by atoms with van der Waals surface area (Å²) in [5.41, 5.74) is 0.164. The molecule has 25 heavy (non-hydrogen) atoms. The van der Waals surface area contributed by atoms with Gasteiger partial charge in [0.25, 0.3) is 0 Å². The van der Waals surface area contributed by atoms with Gasteiger partial charge in [0.1, 0.15) is 0 Å². The highest BCUT2D eigenvalue weighted by Gasteiger charge is 2.57. The molecule has 2 aliphatic rings. The van der Waals surface area contributed by atoms with E-state index in [4.69, 9.17) is 0 Å². The van der Waals surface area contributed by atoms with Crippen LogP contribution in [0.4, 0.5) is 4.79 Å². The van der Waals surface area contributed by atoms with Gasteiger partial charge in [-0.05, 0) is 39.1 Å². The molecule has 1 saturated heterocycles. The molecule has 2 amide bonds. The number of likely N-dealkylation sites (tertiary alicyclic amines) is 1. The van der Waals surface area contributed by atoms with Gasteiger partial charge in [-0.2, -0.15) is 4.31 Å². The van der Waals surface area contributed by atoms with Crippen molar-refractivity contribution in [1.82, 2.24) is 19.4 Å². The molecule has 2 heterocycles. The fourth-order valence-electron chi connectivity index (χ4n) is 3.84. The Balaban J connectivity index is 2.01. The first-order valence-electron chi connectivity index (χ1n) is 8.63. The van der Waals surface area contributed by atoms with Crippen molar-refractivity contribution in [2.75, 3.05) is 46.8 Å². The number of benzene rings is 1. The minimum absolute atomic E-state index is 0.131. The SMILES string of the molecule is CCNC(=O)N1CCC2(C1)c1ccccc1S(=O)(=O)N2CCN(C)C. The maximum Gasteiger partial charge on any atom is 0.317 e. The molecule has 8 heteroatoms. The van der Waals surface area contributed by atoms with Crippen molar-refractivity contribution in [3.8, 4) is 0 Å². The zero-order valence-electron chi connectivity index (χ0n) is 15.0. The molecule has 138 valence electrons. The summed E-state index contributed by atoms with van der Waals surface area (Å²) in [4.78, 5) is 16.4. The number of urea groups is 1. The van der Waals surface area contributed by atoms with Crippen LogP contribution in [0.25, 0.3) is 0 Å². The van der Waals surface area contributed by atoms with Crippen LogP contribution in [0.2, 0.25) is 0 Å². The molecule has 1 fully saturated rings. The van der Waals surface area contributed by atoms with Gasteiger partial charge < -0.3 is 15.1 Å². The number of carbonyl (C=O) groups is 1. The smallest absolute Gasteiger partial charge is 0.317 e. The Hall–Kier alpha value is -1.64. The maximum absolute atomic E-state index is 13.1. The third kappa shape index (κ3) is 2.92. The summed E-state index contributed by atoms with van der Waals surface area (Å²) in [7, 11) is 0.310. The average Bonchev–Trinajstić information content (AvgIpc) is 3.07. The van der Waals surface area contributed by atoms with Crippen molar-refractivity contribution >= 4 is 16.1 Å². The van der Waals surface area contributed by atoms with Gasteiger partial charge in [-0.3, -0.25) is 0 Å². The molecular weight excluding hydrogens is 340 g/mol. The van der Waals surface area contributed by atoms with Crippen molar-refractivity contribution < 1.29 is 13.2 Å². The number of nitrogens with one attached hydrogen (secondary N) is 1. The van der Waals surface area contributed by atoms with Gasteiger partial charge in [-0.1, -0.05) is 18.2 Å². The molecule has 1 unspecified atom stereocenters. The first-order chi connectivity index (χ1) is 11.8. The molecule has 1 atom stereocenters. The topological polar surface area (TPSA) is 73.0 Å². The second-order valence-corrected chi connectivity index (χ2v) is 8.75. The van der Waals surface area contributed by atoms with Crippen molar-refractivity contribution in [1.29, 1.82) is 0 Å². The second kappa shape index (κ2) is 6.59. The van der Waals surface area contributed by atoms with E-state index in [2.05, 4.69) is 5.32 Å². The van der Waals surface area contributed by atoms with E-state index in [1.165, 1.54) is 0 Å². The highest BCUT2D eigenvalue weighted by atomic mass is 32.2. The molecule has 0 aromatic heterocycles. The van der Waals surface area contributed by atoms with Gasteiger partial charge in [-0.15, -0.1) is 0 Å². The minimum Gasteiger partial charge on any atom is -0.338 e. The molecule has 0 bridgehead atoms. The fourth-order valence-corrected chi connectivity index (χ4v) is 5.89. The molecule has 0 aliphatic carbocycles. The van der Waals surface area contributed by atoms with Crippen LogP contribution in [0.15, 0.2) is 29.2 Å². The van der Waals surface area contributed by atoms with Gasteiger partial charge in [-0.25, -0.2) is 13.2 Å².